The molecule has 0 spiro atoms. The van der Waals surface area contributed by atoms with Gasteiger partial charge in [-0.1, -0.05) is 71.2 Å². The van der Waals surface area contributed by atoms with Crippen LogP contribution in [0.4, 0.5) is 22.7 Å². The molecule has 5 aliphatic rings. The molecule has 0 aliphatic carbocycles. The van der Waals surface area contributed by atoms with Crippen molar-refractivity contribution in [3.05, 3.63) is 137 Å². The van der Waals surface area contributed by atoms with Gasteiger partial charge in [0.2, 0.25) is 0 Å². The third-order valence-corrected chi connectivity index (χ3v) is 14.6. The average Bonchev–Trinajstić information content (AvgIpc) is 3.21. The predicted octanol–water partition coefficient (Wildman–Crippen LogP) is 6.55. The van der Waals surface area contributed by atoms with Crippen LogP contribution in [0.3, 0.4) is 0 Å². The molecule has 0 saturated heterocycles. The standard InChI is InChI=1S/C49H39B3N2O3S2/c1-26-16-30(5)47-44(19-26)55-41-14-10-8-12-31(41)50(47)33-23-34-37(22-29(33)4)53(58-6)40-18-28(3)21-46-49(40)52(34)36-24-35-38(25-43(36)57-46)54(59-7)39-17-27(2)20-45-48(39)51(35)32-13-9-11-15-42(32)56-45/h8-25H,1-7H3. The van der Waals surface area contributed by atoms with E-state index in [4.69, 9.17) is 14.2 Å². The molecule has 0 saturated carbocycles. The lowest BCUT2D eigenvalue weighted by atomic mass is 9.30. The van der Waals surface area contributed by atoms with Crippen LogP contribution in [-0.2, 0) is 0 Å². The van der Waals surface area contributed by atoms with E-state index in [0.717, 1.165) is 40.2 Å². The Kier molecular flexibility index (Phi) is 7.63. The highest BCUT2D eigenvalue weighted by atomic mass is 32.2. The lowest BCUT2D eigenvalue weighted by molar-refractivity contribution is 0.486. The fourth-order valence-corrected chi connectivity index (χ4v) is 12.2. The maximum absolute atomic E-state index is 7.14. The first-order chi connectivity index (χ1) is 28.7. The highest BCUT2D eigenvalue weighted by Crippen LogP contribution is 2.44. The fourth-order valence-electron chi connectivity index (χ4n) is 10.8. The normalized spacial score (nSPS) is 14.4. The van der Waals surface area contributed by atoms with Crippen molar-refractivity contribution in [1.29, 1.82) is 0 Å². The Hall–Kier alpha value is -5.57. The van der Waals surface area contributed by atoms with Crippen LogP contribution in [0.2, 0.25) is 0 Å². The van der Waals surface area contributed by atoms with Crippen molar-refractivity contribution in [2.45, 2.75) is 34.6 Å². The molecular weight excluding hydrogens is 761 g/mol. The molecule has 5 aliphatic heterocycles. The molecular formula is C49H39B3N2O3S2. The molecule has 7 aromatic carbocycles. The number of rotatable bonds is 3. The van der Waals surface area contributed by atoms with Crippen molar-refractivity contribution in [2.24, 2.45) is 0 Å². The van der Waals surface area contributed by atoms with Crippen molar-refractivity contribution in [3.8, 4) is 34.5 Å². The summed E-state index contributed by atoms with van der Waals surface area (Å²) in [6.45, 7) is 11.0. The van der Waals surface area contributed by atoms with Gasteiger partial charge in [-0.25, -0.2) is 0 Å². The topological polar surface area (TPSA) is 34.2 Å². The summed E-state index contributed by atoms with van der Waals surface area (Å²) in [5.74, 6) is 5.57. The number of hydrogen-bond donors (Lipinski definition) is 0. The number of hydrogen-bond acceptors (Lipinski definition) is 7. The summed E-state index contributed by atoms with van der Waals surface area (Å²) in [6.07, 6.45) is 4.35. The Morgan fingerprint density at radius 1 is 0.373 bits per heavy atom. The van der Waals surface area contributed by atoms with Crippen LogP contribution in [-0.4, -0.2) is 32.6 Å². The maximum atomic E-state index is 7.14. The van der Waals surface area contributed by atoms with Crippen molar-refractivity contribution < 1.29 is 14.2 Å². The molecule has 0 aromatic heterocycles. The third-order valence-electron chi connectivity index (χ3n) is 13.1. The first-order valence-corrected chi connectivity index (χ1v) is 22.7. The zero-order chi connectivity index (χ0) is 40.0. The second-order valence-electron chi connectivity index (χ2n) is 16.7. The van der Waals surface area contributed by atoms with Crippen LogP contribution in [0.15, 0.2) is 109 Å². The molecule has 0 unspecified atom stereocenters. The molecule has 12 rings (SSSR count). The van der Waals surface area contributed by atoms with Crippen LogP contribution >= 0.6 is 23.9 Å². The van der Waals surface area contributed by atoms with E-state index >= 15 is 0 Å². The van der Waals surface area contributed by atoms with Crippen molar-refractivity contribution in [1.82, 2.24) is 0 Å². The average molecular weight is 800 g/mol. The summed E-state index contributed by atoms with van der Waals surface area (Å²) in [5.41, 5.74) is 22.0. The van der Waals surface area contributed by atoms with Gasteiger partial charge in [-0.2, -0.15) is 0 Å². The van der Waals surface area contributed by atoms with E-state index in [9.17, 15) is 0 Å². The lowest BCUT2D eigenvalue weighted by Crippen LogP contribution is -2.64. The van der Waals surface area contributed by atoms with Gasteiger partial charge in [-0.15, -0.1) is 0 Å². The minimum absolute atomic E-state index is 0.00847. The van der Waals surface area contributed by atoms with Gasteiger partial charge in [0.25, 0.3) is 20.1 Å². The Morgan fingerprint density at radius 2 is 0.831 bits per heavy atom. The number of para-hydroxylation sites is 2. The molecule has 5 nitrogen and oxygen atoms in total. The van der Waals surface area contributed by atoms with Gasteiger partial charge in [0.15, 0.2) is 0 Å². The van der Waals surface area contributed by atoms with E-state index in [-0.39, 0.29) is 20.1 Å². The molecule has 0 atom stereocenters. The van der Waals surface area contributed by atoms with Gasteiger partial charge in [-0.3, -0.25) is 8.61 Å². The molecule has 0 fully saturated rings. The summed E-state index contributed by atoms with van der Waals surface area (Å²) >= 11 is 3.49. The first-order valence-electron chi connectivity index (χ1n) is 20.3. The van der Waals surface area contributed by atoms with Gasteiger partial charge in [0.05, 0.1) is 17.1 Å². The third kappa shape index (κ3) is 4.93. The first kappa shape index (κ1) is 35.4. The van der Waals surface area contributed by atoms with E-state index in [2.05, 4.69) is 165 Å². The predicted molar refractivity (Wildman–Crippen MR) is 254 cm³/mol. The number of nitrogens with zero attached hydrogens (tertiary/aromatic N) is 2. The van der Waals surface area contributed by atoms with Crippen LogP contribution < -0.4 is 72.0 Å². The second kappa shape index (κ2) is 12.7. The van der Waals surface area contributed by atoms with Gasteiger partial charge < -0.3 is 14.2 Å². The molecule has 5 heterocycles. The van der Waals surface area contributed by atoms with Crippen molar-refractivity contribution >= 4 is 116 Å². The maximum Gasteiger partial charge on any atom is 0.256 e. The van der Waals surface area contributed by atoms with E-state index in [1.165, 1.54) is 94.0 Å². The SMILES string of the molecule is CSN1c2cc(C)c(B3c4ccccc4Oc4cc(C)cc(C)c43)cc2B2c3cc4c(cc3Oc3cc(C)cc1c32)N(SC)c1cc(C)cc2c1B4c1ccccc1O2. The van der Waals surface area contributed by atoms with Crippen LogP contribution in [0.5, 0.6) is 34.5 Å². The summed E-state index contributed by atoms with van der Waals surface area (Å²) in [4.78, 5) is 0. The number of ether oxygens (including phenoxy) is 3. The molecule has 7 aromatic rings. The van der Waals surface area contributed by atoms with E-state index < -0.39 is 0 Å². The lowest BCUT2D eigenvalue weighted by Gasteiger charge is -2.42. The van der Waals surface area contributed by atoms with E-state index in [0.29, 0.717) is 0 Å². The second-order valence-corrected chi connectivity index (χ2v) is 18.2. The minimum Gasteiger partial charge on any atom is -0.458 e. The Morgan fingerprint density at radius 3 is 1.41 bits per heavy atom. The minimum atomic E-state index is -0.0576. The van der Waals surface area contributed by atoms with Crippen LogP contribution in [0, 0.1) is 34.6 Å². The van der Waals surface area contributed by atoms with E-state index in [1.807, 2.05) is 0 Å². The molecule has 284 valence electrons. The van der Waals surface area contributed by atoms with Gasteiger partial charge in [-0.05, 0) is 167 Å². The Labute approximate surface area is 355 Å². The van der Waals surface area contributed by atoms with Gasteiger partial charge in [0, 0.05) is 24.3 Å². The fraction of sp³-hybridized carbons (Fsp3) is 0.143. The molecule has 0 bridgehead atoms. The number of fused-ring (bicyclic) bond motifs is 10. The number of aryl methyl sites for hydroxylation is 5. The number of anilines is 4. The van der Waals surface area contributed by atoms with Crippen LogP contribution in [0.1, 0.15) is 27.8 Å². The zero-order valence-electron chi connectivity index (χ0n) is 34.1. The summed E-state index contributed by atoms with van der Waals surface area (Å²) in [7, 11) is 0. The van der Waals surface area contributed by atoms with Crippen molar-refractivity contribution in [3.63, 3.8) is 0 Å². The molecule has 0 amide bonds. The largest absolute Gasteiger partial charge is 0.458 e. The smallest absolute Gasteiger partial charge is 0.256 e. The van der Waals surface area contributed by atoms with Crippen molar-refractivity contribution in [2.75, 3.05) is 21.1 Å². The monoisotopic (exact) mass is 800 g/mol. The van der Waals surface area contributed by atoms with Gasteiger partial charge >= 0.3 is 0 Å². The summed E-state index contributed by atoms with van der Waals surface area (Å²) in [6, 6.07) is 40.5. The molecule has 0 N–H and O–H groups in total. The molecule has 59 heavy (non-hydrogen) atoms. The summed E-state index contributed by atoms with van der Waals surface area (Å²) in [5, 5.41) is 0. The molecule has 10 heteroatoms. The number of benzene rings is 7. The van der Waals surface area contributed by atoms with Crippen LogP contribution in [0.25, 0.3) is 0 Å². The Balaban J connectivity index is 1.13. The zero-order valence-corrected chi connectivity index (χ0v) is 35.7. The summed E-state index contributed by atoms with van der Waals surface area (Å²) < 4.78 is 25.3. The van der Waals surface area contributed by atoms with E-state index in [1.54, 1.807) is 23.9 Å². The highest BCUT2D eigenvalue weighted by Gasteiger charge is 2.47. The highest BCUT2D eigenvalue weighted by molar-refractivity contribution is 8.00. The van der Waals surface area contributed by atoms with Gasteiger partial charge in [0.1, 0.15) is 34.5 Å². The quantitative estimate of drug-likeness (QED) is 0.148. The Bertz CT molecular complexity index is 3030. The molecule has 0 radical (unpaired) electrons.